The highest BCUT2D eigenvalue weighted by molar-refractivity contribution is 5.44. The minimum atomic E-state index is 0.615. The molecule has 2 unspecified atom stereocenters. The average Bonchev–Trinajstić information content (AvgIpc) is 2.92. The topological polar surface area (TPSA) is 26.0 Å². The average molecular weight is 241 g/mol. The van der Waals surface area contributed by atoms with Crippen LogP contribution in [0.4, 0.5) is 0 Å². The van der Waals surface area contributed by atoms with Crippen LogP contribution in [0.5, 0.6) is 0 Å². The quantitative estimate of drug-likeness (QED) is 0.863. The molecule has 0 amide bonds. The van der Waals surface area contributed by atoms with Gasteiger partial charge >= 0.3 is 0 Å². The molecule has 2 saturated carbocycles. The van der Waals surface area contributed by atoms with Gasteiger partial charge in [0.05, 0.1) is 0 Å². The molecule has 4 rings (SSSR count). The molecule has 2 atom stereocenters. The number of fused-ring (bicyclic) bond motifs is 2. The number of hydrogen-bond donors (Lipinski definition) is 1. The number of benzene rings is 1. The molecule has 96 valence electrons. The zero-order valence-electron chi connectivity index (χ0n) is 11.1. The third-order valence-electron chi connectivity index (χ3n) is 5.91. The standard InChI is InChI=1S/C17H23N/c18-11-13-7-12(8-13)9-15-10-17(15)6-5-14-3-1-2-4-16(14)17/h1-4,12-13,15H,5-11,18H2. The third-order valence-corrected chi connectivity index (χ3v) is 5.91. The van der Waals surface area contributed by atoms with E-state index in [9.17, 15) is 0 Å². The van der Waals surface area contributed by atoms with Crippen molar-refractivity contribution in [1.82, 2.24) is 0 Å². The summed E-state index contributed by atoms with van der Waals surface area (Å²) in [6.45, 7) is 0.912. The Morgan fingerprint density at radius 3 is 2.83 bits per heavy atom. The number of hydrogen-bond acceptors (Lipinski definition) is 1. The zero-order chi connectivity index (χ0) is 12.2. The summed E-state index contributed by atoms with van der Waals surface area (Å²) in [6.07, 6.45) is 8.50. The second-order valence-electron chi connectivity index (χ2n) is 6.89. The zero-order valence-corrected chi connectivity index (χ0v) is 11.1. The van der Waals surface area contributed by atoms with Gasteiger partial charge in [-0.2, -0.15) is 0 Å². The maximum Gasteiger partial charge on any atom is -0.000950 e. The van der Waals surface area contributed by atoms with Gasteiger partial charge in [-0.3, -0.25) is 0 Å². The summed E-state index contributed by atoms with van der Waals surface area (Å²) in [5, 5.41) is 0. The molecule has 0 heterocycles. The van der Waals surface area contributed by atoms with Crippen LogP contribution < -0.4 is 5.73 Å². The van der Waals surface area contributed by atoms with Gasteiger partial charge in [0.2, 0.25) is 0 Å². The Bertz CT molecular complexity index is 460. The number of aryl methyl sites for hydroxylation is 1. The summed E-state index contributed by atoms with van der Waals surface area (Å²) in [4.78, 5) is 0. The van der Waals surface area contributed by atoms with Crippen LogP contribution in [-0.2, 0) is 11.8 Å². The van der Waals surface area contributed by atoms with Crippen LogP contribution in [0, 0.1) is 17.8 Å². The summed E-state index contributed by atoms with van der Waals surface area (Å²) >= 11 is 0. The molecule has 0 bridgehead atoms. The molecule has 1 aromatic carbocycles. The van der Waals surface area contributed by atoms with Crippen molar-refractivity contribution in [2.24, 2.45) is 23.5 Å². The molecule has 2 N–H and O–H groups in total. The molecule has 1 heteroatoms. The SMILES string of the molecule is NCC1CC(CC2CC23CCc2ccccc23)C1. The van der Waals surface area contributed by atoms with E-state index in [4.69, 9.17) is 5.73 Å². The van der Waals surface area contributed by atoms with E-state index in [1.165, 1.54) is 38.5 Å². The van der Waals surface area contributed by atoms with E-state index < -0.39 is 0 Å². The van der Waals surface area contributed by atoms with Crippen molar-refractivity contribution in [2.75, 3.05) is 6.54 Å². The highest BCUT2D eigenvalue weighted by Crippen LogP contribution is 2.64. The van der Waals surface area contributed by atoms with Gasteiger partial charge in [0.15, 0.2) is 0 Å². The van der Waals surface area contributed by atoms with Crippen LogP contribution in [-0.4, -0.2) is 6.54 Å². The molecule has 18 heavy (non-hydrogen) atoms. The van der Waals surface area contributed by atoms with E-state index in [-0.39, 0.29) is 0 Å². The van der Waals surface area contributed by atoms with Crippen molar-refractivity contribution in [3.8, 4) is 0 Å². The summed E-state index contributed by atoms with van der Waals surface area (Å²) in [5.74, 6) is 2.83. The van der Waals surface area contributed by atoms with E-state index in [2.05, 4.69) is 24.3 Å². The van der Waals surface area contributed by atoms with Crippen LogP contribution in [0.2, 0.25) is 0 Å². The van der Waals surface area contributed by atoms with Crippen molar-refractivity contribution >= 4 is 0 Å². The predicted molar refractivity (Wildman–Crippen MR) is 74.4 cm³/mol. The summed E-state index contributed by atoms with van der Waals surface area (Å²) in [7, 11) is 0. The number of rotatable bonds is 3. The molecule has 3 aliphatic carbocycles. The van der Waals surface area contributed by atoms with E-state index in [0.717, 1.165) is 24.3 Å². The molecule has 3 aliphatic rings. The largest absolute Gasteiger partial charge is 0.330 e. The first-order valence-corrected chi connectivity index (χ1v) is 7.60. The Kier molecular flexibility index (Phi) is 2.35. The van der Waals surface area contributed by atoms with E-state index in [0.29, 0.717) is 5.41 Å². The molecule has 0 saturated heterocycles. The normalized spacial score (nSPS) is 40.6. The monoisotopic (exact) mass is 241 g/mol. The van der Waals surface area contributed by atoms with Gasteiger partial charge in [0, 0.05) is 0 Å². The van der Waals surface area contributed by atoms with Gasteiger partial charge in [0.25, 0.3) is 0 Å². The predicted octanol–water partition coefficient (Wildman–Crippen LogP) is 3.27. The Morgan fingerprint density at radius 2 is 2.00 bits per heavy atom. The fourth-order valence-corrected chi connectivity index (χ4v) is 4.70. The van der Waals surface area contributed by atoms with Crippen LogP contribution in [0.15, 0.2) is 24.3 Å². The fraction of sp³-hybridized carbons (Fsp3) is 0.647. The van der Waals surface area contributed by atoms with Gasteiger partial charge in [-0.15, -0.1) is 0 Å². The van der Waals surface area contributed by atoms with Crippen LogP contribution in [0.25, 0.3) is 0 Å². The van der Waals surface area contributed by atoms with Crippen LogP contribution in [0.1, 0.15) is 43.2 Å². The first kappa shape index (κ1) is 11.0. The lowest BCUT2D eigenvalue weighted by Gasteiger charge is -2.35. The first-order valence-electron chi connectivity index (χ1n) is 7.60. The Balaban J connectivity index is 1.44. The fourth-order valence-electron chi connectivity index (χ4n) is 4.70. The Labute approximate surface area is 110 Å². The van der Waals surface area contributed by atoms with E-state index in [1.54, 1.807) is 11.1 Å². The molecule has 1 nitrogen and oxygen atoms in total. The van der Waals surface area contributed by atoms with E-state index in [1.807, 2.05) is 0 Å². The lowest BCUT2D eigenvalue weighted by Crippen LogP contribution is -2.30. The first-order chi connectivity index (χ1) is 8.82. The second kappa shape index (κ2) is 3.84. The van der Waals surface area contributed by atoms with Gasteiger partial charge in [-0.1, -0.05) is 24.3 Å². The highest BCUT2D eigenvalue weighted by Gasteiger charge is 2.58. The van der Waals surface area contributed by atoms with Gasteiger partial charge in [-0.05, 0) is 79.4 Å². The van der Waals surface area contributed by atoms with Crippen LogP contribution in [0.3, 0.4) is 0 Å². The molecule has 1 aromatic rings. The van der Waals surface area contributed by atoms with Crippen molar-refractivity contribution < 1.29 is 0 Å². The van der Waals surface area contributed by atoms with Crippen molar-refractivity contribution in [3.05, 3.63) is 35.4 Å². The molecule has 2 fully saturated rings. The lowest BCUT2D eigenvalue weighted by atomic mass is 9.72. The van der Waals surface area contributed by atoms with Gasteiger partial charge in [-0.25, -0.2) is 0 Å². The van der Waals surface area contributed by atoms with Crippen molar-refractivity contribution in [1.29, 1.82) is 0 Å². The second-order valence-corrected chi connectivity index (χ2v) is 6.89. The van der Waals surface area contributed by atoms with Gasteiger partial charge < -0.3 is 5.73 Å². The Morgan fingerprint density at radius 1 is 1.17 bits per heavy atom. The molecular formula is C17H23N. The Hall–Kier alpha value is -0.820. The minimum Gasteiger partial charge on any atom is -0.330 e. The molecular weight excluding hydrogens is 218 g/mol. The number of nitrogens with two attached hydrogens (primary N) is 1. The smallest absolute Gasteiger partial charge is 0.000950 e. The van der Waals surface area contributed by atoms with Gasteiger partial charge in [0.1, 0.15) is 0 Å². The summed E-state index contributed by atoms with van der Waals surface area (Å²) in [5.41, 5.74) is 9.67. The summed E-state index contributed by atoms with van der Waals surface area (Å²) < 4.78 is 0. The molecule has 0 radical (unpaired) electrons. The summed E-state index contributed by atoms with van der Waals surface area (Å²) in [6, 6.07) is 9.17. The van der Waals surface area contributed by atoms with E-state index >= 15 is 0 Å². The molecule has 0 aromatic heterocycles. The molecule has 1 spiro atoms. The third kappa shape index (κ3) is 1.50. The maximum atomic E-state index is 5.72. The highest BCUT2D eigenvalue weighted by atomic mass is 14.6. The van der Waals surface area contributed by atoms with Crippen molar-refractivity contribution in [3.63, 3.8) is 0 Å². The molecule has 0 aliphatic heterocycles. The minimum absolute atomic E-state index is 0.615. The van der Waals surface area contributed by atoms with Crippen molar-refractivity contribution in [2.45, 2.75) is 43.9 Å². The lowest BCUT2D eigenvalue weighted by molar-refractivity contribution is 0.177. The van der Waals surface area contributed by atoms with Crippen LogP contribution >= 0.6 is 0 Å². The maximum absolute atomic E-state index is 5.72.